The molecule has 0 aliphatic heterocycles. The van der Waals surface area contributed by atoms with Gasteiger partial charge >= 0.3 is 0 Å². The van der Waals surface area contributed by atoms with Gasteiger partial charge in [0.1, 0.15) is 11.8 Å². The molecule has 0 fully saturated rings. The number of aromatic amines is 1. The summed E-state index contributed by atoms with van der Waals surface area (Å²) in [6.07, 6.45) is 7.68. The van der Waals surface area contributed by atoms with Gasteiger partial charge in [-0.15, -0.1) is 0 Å². The van der Waals surface area contributed by atoms with E-state index in [9.17, 15) is 0 Å². The van der Waals surface area contributed by atoms with Crippen molar-refractivity contribution in [2.45, 2.75) is 12.8 Å². The summed E-state index contributed by atoms with van der Waals surface area (Å²) >= 11 is 1.88. The fourth-order valence-corrected chi connectivity index (χ4v) is 1.97. The lowest BCUT2D eigenvalue weighted by atomic mass is 10.3. The van der Waals surface area contributed by atoms with E-state index in [0.717, 1.165) is 24.3 Å². The van der Waals surface area contributed by atoms with Gasteiger partial charge in [-0.3, -0.25) is 0 Å². The zero-order chi connectivity index (χ0) is 11.2. The van der Waals surface area contributed by atoms with Gasteiger partial charge in [0.25, 0.3) is 0 Å². The molecule has 0 aliphatic rings. The number of hydrogen-bond donors (Lipinski definition) is 2. The number of rotatable bonds is 6. The molecule has 0 spiro atoms. The Hall–Kier alpha value is -1.30. The van der Waals surface area contributed by atoms with Crippen molar-refractivity contribution < 1.29 is 0 Å². The lowest BCUT2D eigenvalue weighted by Gasteiger charge is -2.04. The lowest BCUT2D eigenvalue weighted by molar-refractivity contribution is 0.840. The third kappa shape index (κ3) is 2.63. The second-order valence-corrected chi connectivity index (χ2v) is 4.44. The highest BCUT2D eigenvalue weighted by Gasteiger charge is 2.03. The Morgan fingerprint density at radius 3 is 3.12 bits per heavy atom. The van der Waals surface area contributed by atoms with Crippen molar-refractivity contribution in [2.24, 2.45) is 0 Å². The molecule has 6 heteroatoms. The molecule has 0 aromatic carbocycles. The van der Waals surface area contributed by atoms with Crippen molar-refractivity contribution in [2.75, 3.05) is 23.9 Å². The zero-order valence-electron chi connectivity index (χ0n) is 9.23. The summed E-state index contributed by atoms with van der Waals surface area (Å²) in [5, 5.41) is 3.30. The minimum Gasteiger partial charge on any atom is -0.368 e. The van der Waals surface area contributed by atoms with Gasteiger partial charge < -0.3 is 10.3 Å². The van der Waals surface area contributed by atoms with Crippen LogP contribution in [0.4, 0.5) is 5.82 Å². The molecule has 0 saturated heterocycles. The number of fused-ring (bicyclic) bond motifs is 1. The number of nitrogens with one attached hydrogen (secondary N) is 2. The van der Waals surface area contributed by atoms with Crippen molar-refractivity contribution in [3.05, 3.63) is 12.7 Å². The summed E-state index contributed by atoms with van der Waals surface area (Å²) in [5.74, 6) is 2.05. The van der Waals surface area contributed by atoms with Gasteiger partial charge in [-0.05, 0) is 24.9 Å². The monoisotopic (exact) mass is 237 g/mol. The van der Waals surface area contributed by atoms with Gasteiger partial charge in [0, 0.05) is 6.54 Å². The van der Waals surface area contributed by atoms with Gasteiger partial charge in [-0.1, -0.05) is 0 Å². The number of unbranched alkanes of at least 4 members (excludes halogenated alkanes) is 1. The Morgan fingerprint density at radius 2 is 2.25 bits per heavy atom. The minimum atomic E-state index is 0.710. The molecular weight excluding hydrogens is 222 g/mol. The van der Waals surface area contributed by atoms with E-state index in [4.69, 9.17) is 0 Å². The Bertz CT molecular complexity index is 441. The summed E-state index contributed by atoms with van der Waals surface area (Å²) in [7, 11) is 0. The first kappa shape index (κ1) is 11.2. The minimum absolute atomic E-state index is 0.710. The highest BCUT2D eigenvalue weighted by molar-refractivity contribution is 7.98. The molecular formula is C10H15N5S. The fourth-order valence-electron chi connectivity index (χ4n) is 1.48. The summed E-state index contributed by atoms with van der Waals surface area (Å²) < 4.78 is 0. The van der Waals surface area contributed by atoms with Crippen LogP contribution in [0.5, 0.6) is 0 Å². The van der Waals surface area contributed by atoms with E-state index in [1.807, 2.05) is 11.8 Å². The molecule has 2 heterocycles. The summed E-state index contributed by atoms with van der Waals surface area (Å²) in [4.78, 5) is 15.4. The predicted octanol–water partition coefficient (Wildman–Crippen LogP) is 1.91. The van der Waals surface area contributed by atoms with Crippen LogP contribution in [0.2, 0.25) is 0 Å². The van der Waals surface area contributed by atoms with E-state index < -0.39 is 0 Å². The SMILES string of the molecule is CSCCCCNc1ncnc2nc[nH]c12. The van der Waals surface area contributed by atoms with Gasteiger partial charge in [-0.25, -0.2) is 15.0 Å². The molecule has 2 aromatic rings. The van der Waals surface area contributed by atoms with Crippen LogP contribution in [0, 0.1) is 0 Å². The van der Waals surface area contributed by atoms with Crippen LogP contribution in [0.1, 0.15) is 12.8 Å². The highest BCUT2D eigenvalue weighted by Crippen LogP contribution is 2.14. The smallest absolute Gasteiger partial charge is 0.182 e. The first-order chi connectivity index (χ1) is 7.92. The van der Waals surface area contributed by atoms with E-state index in [0.29, 0.717) is 5.65 Å². The van der Waals surface area contributed by atoms with Gasteiger partial charge in [0.05, 0.1) is 6.33 Å². The Morgan fingerprint density at radius 1 is 1.31 bits per heavy atom. The van der Waals surface area contributed by atoms with Crippen LogP contribution in [-0.4, -0.2) is 38.5 Å². The number of thioether (sulfide) groups is 1. The van der Waals surface area contributed by atoms with Gasteiger partial charge in [-0.2, -0.15) is 11.8 Å². The predicted molar refractivity (Wildman–Crippen MR) is 67.8 cm³/mol. The fraction of sp³-hybridized carbons (Fsp3) is 0.500. The summed E-state index contributed by atoms with van der Waals surface area (Å²) in [6.45, 7) is 0.936. The quantitative estimate of drug-likeness (QED) is 0.751. The van der Waals surface area contributed by atoms with Crippen molar-refractivity contribution in [1.82, 2.24) is 19.9 Å². The molecule has 2 N–H and O–H groups in total. The average molecular weight is 237 g/mol. The number of nitrogens with zero attached hydrogens (tertiary/aromatic N) is 3. The summed E-state index contributed by atoms with van der Waals surface area (Å²) in [6, 6.07) is 0. The highest BCUT2D eigenvalue weighted by atomic mass is 32.2. The second-order valence-electron chi connectivity index (χ2n) is 3.45. The maximum absolute atomic E-state index is 4.20. The first-order valence-electron chi connectivity index (χ1n) is 5.28. The zero-order valence-corrected chi connectivity index (χ0v) is 10.0. The van der Waals surface area contributed by atoms with E-state index >= 15 is 0 Å². The number of H-pyrrole nitrogens is 1. The van der Waals surface area contributed by atoms with E-state index in [1.165, 1.54) is 18.5 Å². The molecule has 2 aromatic heterocycles. The van der Waals surface area contributed by atoms with Crippen LogP contribution < -0.4 is 5.32 Å². The second kappa shape index (κ2) is 5.69. The van der Waals surface area contributed by atoms with Crippen LogP contribution in [-0.2, 0) is 0 Å². The maximum Gasteiger partial charge on any atom is 0.182 e. The van der Waals surface area contributed by atoms with Crippen LogP contribution in [0.3, 0.4) is 0 Å². The number of hydrogen-bond acceptors (Lipinski definition) is 5. The first-order valence-corrected chi connectivity index (χ1v) is 6.68. The third-order valence-corrected chi connectivity index (χ3v) is 2.99. The third-order valence-electron chi connectivity index (χ3n) is 2.29. The van der Waals surface area contributed by atoms with Crippen molar-refractivity contribution in [3.63, 3.8) is 0 Å². The van der Waals surface area contributed by atoms with Crippen LogP contribution in [0.15, 0.2) is 12.7 Å². The van der Waals surface area contributed by atoms with E-state index in [1.54, 1.807) is 6.33 Å². The molecule has 2 rings (SSSR count). The Balaban J connectivity index is 1.91. The summed E-state index contributed by atoms with van der Waals surface area (Å²) in [5.41, 5.74) is 1.59. The maximum atomic E-state index is 4.20. The molecule has 0 amide bonds. The Labute approximate surface area is 98.5 Å². The molecule has 0 aliphatic carbocycles. The number of anilines is 1. The van der Waals surface area contributed by atoms with Crippen molar-refractivity contribution in [1.29, 1.82) is 0 Å². The van der Waals surface area contributed by atoms with E-state index in [-0.39, 0.29) is 0 Å². The topological polar surface area (TPSA) is 66.5 Å². The number of imidazole rings is 1. The molecule has 5 nitrogen and oxygen atoms in total. The van der Waals surface area contributed by atoms with Crippen LogP contribution >= 0.6 is 11.8 Å². The standard InChI is InChI=1S/C10H15N5S/c1-16-5-3-2-4-11-9-8-10(13-6-12-8)15-7-14-9/h6-7H,2-5H2,1H3,(H2,11,12,13,14,15). The molecule has 16 heavy (non-hydrogen) atoms. The van der Waals surface area contributed by atoms with E-state index in [2.05, 4.69) is 31.5 Å². The molecule has 0 radical (unpaired) electrons. The number of aromatic nitrogens is 4. The normalized spacial score (nSPS) is 10.8. The van der Waals surface area contributed by atoms with Gasteiger partial charge in [0.2, 0.25) is 0 Å². The van der Waals surface area contributed by atoms with Crippen molar-refractivity contribution in [3.8, 4) is 0 Å². The molecule has 0 unspecified atom stereocenters. The largest absolute Gasteiger partial charge is 0.368 e. The molecule has 0 saturated carbocycles. The molecule has 0 bridgehead atoms. The lowest BCUT2D eigenvalue weighted by Crippen LogP contribution is -2.04. The molecule has 0 atom stereocenters. The van der Waals surface area contributed by atoms with Crippen LogP contribution in [0.25, 0.3) is 11.2 Å². The average Bonchev–Trinajstić information content (AvgIpc) is 2.77. The van der Waals surface area contributed by atoms with Crippen molar-refractivity contribution >= 4 is 28.7 Å². The molecule has 86 valence electrons. The Kier molecular flexibility index (Phi) is 3.98. The van der Waals surface area contributed by atoms with Gasteiger partial charge in [0.15, 0.2) is 11.5 Å².